The molecule has 4 amide bonds. The third-order valence-electron chi connectivity index (χ3n) is 6.55. The number of fused-ring (bicyclic) bond motifs is 1. The zero-order valence-corrected chi connectivity index (χ0v) is 20.4. The van der Waals surface area contributed by atoms with E-state index in [9.17, 15) is 18.8 Å². The number of ether oxygens (including phenoxy) is 1. The minimum absolute atomic E-state index is 0.00918. The number of carbonyl (C=O) groups is 3. The van der Waals surface area contributed by atoms with Crippen molar-refractivity contribution in [3.8, 4) is 0 Å². The third-order valence-corrected chi connectivity index (χ3v) is 7.19. The number of piperazine rings is 1. The van der Waals surface area contributed by atoms with Crippen LogP contribution in [0.15, 0.2) is 24.3 Å². The van der Waals surface area contributed by atoms with Gasteiger partial charge in [-0.15, -0.1) is 0 Å². The molecule has 3 fully saturated rings. The molecule has 3 heterocycles. The molecular weight excluding hydrogens is 461 g/mol. The van der Waals surface area contributed by atoms with Crippen molar-refractivity contribution in [2.24, 2.45) is 0 Å². The number of hydrogen-bond acceptors (Lipinski definition) is 6. The number of urea groups is 1. The van der Waals surface area contributed by atoms with E-state index in [1.54, 1.807) is 45.8 Å². The molecule has 0 aromatic heterocycles. The van der Waals surface area contributed by atoms with Gasteiger partial charge in [-0.2, -0.15) is 11.8 Å². The molecule has 1 aromatic carbocycles. The second-order valence-electron chi connectivity index (χ2n) is 8.90. The van der Waals surface area contributed by atoms with Crippen LogP contribution >= 0.6 is 11.8 Å². The Morgan fingerprint density at radius 1 is 1.26 bits per heavy atom. The highest BCUT2D eigenvalue weighted by molar-refractivity contribution is 7.98. The van der Waals surface area contributed by atoms with Crippen molar-refractivity contribution in [3.05, 3.63) is 35.6 Å². The van der Waals surface area contributed by atoms with Gasteiger partial charge < -0.3 is 19.9 Å². The number of amides is 4. The normalized spacial score (nSPS) is 25.6. The predicted octanol–water partition coefficient (Wildman–Crippen LogP) is 1.50. The molecule has 1 aromatic rings. The largest absolute Gasteiger partial charge is 0.376 e. The van der Waals surface area contributed by atoms with Crippen molar-refractivity contribution in [1.82, 2.24) is 25.1 Å². The number of thioether (sulfide) groups is 1. The van der Waals surface area contributed by atoms with Gasteiger partial charge in [0.15, 0.2) is 0 Å². The molecule has 0 radical (unpaired) electrons. The summed E-state index contributed by atoms with van der Waals surface area (Å²) in [6, 6.07) is 4.95. The van der Waals surface area contributed by atoms with Gasteiger partial charge in [0, 0.05) is 26.7 Å². The summed E-state index contributed by atoms with van der Waals surface area (Å²) in [6.07, 6.45) is 3.74. The van der Waals surface area contributed by atoms with Crippen LogP contribution in [-0.2, 0) is 20.9 Å². The number of hydrazine groups is 1. The van der Waals surface area contributed by atoms with Crippen LogP contribution < -0.4 is 5.32 Å². The fourth-order valence-corrected chi connectivity index (χ4v) is 5.33. The molecule has 11 heteroatoms. The molecule has 0 spiro atoms. The van der Waals surface area contributed by atoms with Gasteiger partial charge in [0.2, 0.25) is 11.8 Å². The number of halogens is 1. The molecule has 0 saturated carbocycles. The van der Waals surface area contributed by atoms with Crippen molar-refractivity contribution in [2.75, 3.05) is 45.3 Å². The van der Waals surface area contributed by atoms with E-state index in [1.165, 1.54) is 17.1 Å². The lowest BCUT2D eigenvalue weighted by atomic mass is 10.0. The smallest absolute Gasteiger partial charge is 0.334 e. The van der Waals surface area contributed by atoms with Crippen molar-refractivity contribution in [3.63, 3.8) is 0 Å². The number of hydrogen-bond donors (Lipinski definition) is 1. The number of likely N-dealkylation sites (N-methyl/N-ethyl adjacent to an activating group) is 1. The molecule has 3 aliphatic rings. The Bertz CT molecular complexity index is 898. The summed E-state index contributed by atoms with van der Waals surface area (Å²) in [7, 11) is 1.70. The average Bonchev–Trinajstić information content (AvgIpc) is 3.32. The summed E-state index contributed by atoms with van der Waals surface area (Å²) >= 11 is 1.62. The summed E-state index contributed by atoms with van der Waals surface area (Å²) in [5, 5.41) is 6.02. The standard InChI is InChI=1S/C23H32FN5O4S/c1-26-15-21(30)28-19(9-11-34-2)22(31)27(13-18-4-3-10-33-18)14-20(28)29(26)23(32)25-12-16-5-7-17(24)8-6-16/h5-8,18-20H,3-4,9-15H2,1-2H3,(H,25,32)/t18?,19-,20-/m0/s1. The van der Waals surface area contributed by atoms with E-state index in [0.717, 1.165) is 24.2 Å². The summed E-state index contributed by atoms with van der Waals surface area (Å²) < 4.78 is 19.0. The van der Waals surface area contributed by atoms with E-state index in [-0.39, 0.29) is 49.4 Å². The SMILES string of the molecule is CSCC[C@H]1C(=O)N(CC2CCCO2)C[C@H]2N1C(=O)CN(C)N2C(=O)NCc1ccc(F)cc1. The Labute approximate surface area is 203 Å². The lowest BCUT2D eigenvalue weighted by molar-refractivity contribution is -0.188. The number of nitrogens with zero attached hydrogens (tertiary/aromatic N) is 4. The van der Waals surface area contributed by atoms with Crippen LogP contribution in [0.4, 0.5) is 9.18 Å². The highest BCUT2D eigenvalue weighted by atomic mass is 32.2. The van der Waals surface area contributed by atoms with E-state index in [1.807, 2.05) is 6.26 Å². The van der Waals surface area contributed by atoms with Gasteiger partial charge in [-0.1, -0.05) is 12.1 Å². The van der Waals surface area contributed by atoms with E-state index in [0.29, 0.717) is 19.6 Å². The van der Waals surface area contributed by atoms with Gasteiger partial charge in [-0.3, -0.25) is 9.59 Å². The molecule has 3 atom stereocenters. The summed E-state index contributed by atoms with van der Waals surface area (Å²) in [5.41, 5.74) is 0.763. The Kier molecular flexibility index (Phi) is 7.95. The highest BCUT2D eigenvalue weighted by Crippen LogP contribution is 2.29. The maximum absolute atomic E-state index is 13.4. The van der Waals surface area contributed by atoms with Crippen LogP contribution in [-0.4, -0.2) is 101 Å². The fourth-order valence-electron chi connectivity index (χ4n) is 4.87. The first-order valence-corrected chi connectivity index (χ1v) is 13.0. The molecular formula is C23H32FN5O4S. The van der Waals surface area contributed by atoms with Gasteiger partial charge >= 0.3 is 6.03 Å². The summed E-state index contributed by atoms with van der Waals surface area (Å²) in [5.74, 6) is 0.152. The number of carbonyl (C=O) groups excluding carboxylic acids is 3. The molecule has 186 valence electrons. The van der Waals surface area contributed by atoms with Crippen LogP contribution in [0.5, 0.6) is 0 Å². The maximum Gasteiger partial charge on any atom is 0.334 e. The first-order valence-electron chi connectivity index (χ1n) is 11.6. The number of benzene rings is 1. The van der Waals surface area contributed by atoms with Gasteiger partial charge in [-0.25, -0.2) is 19.2 Å². The van der Waals surface area contributed by atoms with Gasteiger partial charge in [0.25, 0.3) is 0 Å². The van der Waals surface area contributed by atoms with Crippen LogP contribution in [0.3, 0.4) is 0 Å². The quantitative estimate of drug-likeness (QED) is 0.620. The topological polar surface area (TPSA) is 85.4 Å². The van der Waals surface area contributed by atoms with Crippen LogP contribution in [0, 0.1) is 5.82 Å². The van der Waals surface area contributed by atoms with E-state index >= 15 is 0 Å². The molecule has 0 aliphatic carbocycles. The molecule has 1 N–H and O–H groups in total. The van der Waals surface area contributed by atoms with E-state index in [4.69, 9.17) is 4.74 Å². The number of nitrogens with one attached hydrogen (secondary N) is 1. The highest BCUT2D eigenvalue weighted by Gasteiger charge is 2.50. The van der Waals surface area contributed by atoms with Crippen molar-refractivity contribution in [2.45, 2.75) is 44.1 Å². The van der Waals surface area contributed by atoms with Gasteiger partial charge in [-0.05, 0) is 49.0 Å². The summed E-state index contributed by atoms with van der Waals surface area (Å²) in [6.45, 7) is 1.61. The zero-order chi connectivity index (χ0) is 24.2. The molecule has 0 bridgehead atoms. The first kappa shape index (κ1) is 24.7. The minimum atomic E-state index is -0.610. The molecule has 1 unspecified atom stereocenters. The number of rotatable bonds is 7. The van der Waals surface area contributed by atoms with Gasteiger partial charge in [0.05, 0.1) is 19.2 Å². The van der Waals surface area contributed by atoms with E-state index in [2.05, 4.69) is 5.32 Å². The van der Waals surface area contributed by atoms with Crippen molar-refractivity contribution in [1.29, 1.82) is 0 Å². The lowest BCUT2D eigenvalue weighted by Gasteiger charge is -2.54. The fraction of sp³-hybridized carbons (Fsp3) is 0.609. The lowest BCUT2D eigenvalue weighted by Crippen LogP contribution is -2.76. The van der Waals surface area contributed by atoms with E-state index < -0.39 is 12.2 Å². The maximum atomic E-state index is 13.4. The Hall–Kier alpha value is -2.37. The molecule has 4 rings (SSSR count). The monoisotopic (exact) mass is 493 g/mol. The van der Waals surface area contributed by atoms with Crippen molar-refractivity contribution < 1.29 is 23.5 Å². The van der Waals surface area contributed by atoms with Crippen LogP contribution in [0.2, 0.25) is 0 Å². The molecule has 9 nitrogen and oxygen atoms in total. The zero-order valence-electron chi connectivity index (χ0n) is 19.6. The van der Waals surface area contributed by atoms with Crippen LogP contribution in [0.25, 0.3) is 0 Å². The second-order valence-corrected chi connectivity index (χ2v) is 9.89. The predicted molar refractivity (Wildman–Crippen MR) is 126 cm³/mol. The Morgan fingerprint density at radius 2 is 2.03 bits per heavy atom. The molecule has 34 heavy (non-hydrogen) atoms. The second kappa shape index (κ2) is 10.9. The van der Waals surface area contributed by atoms with Crippen molar-refractivity contribution >= 4 is 29.6 Å². The molecule has 3 saturated heterocycles. The van der Waals surface area contributed by atoms with Gasteiger partial charge in [0.1, 0.15) is 18.0 Å². The summed E-state index contributed by atoms with van der Waals surface area (Å²) in [4.78, 5) is 43.1. The Balaban J connectivity index is 1.55. The van der Waals surface area contributed by atoms with Crippen LogP contribution in [0.1, 0.15) is 24.8 Å². The minimum Gasteiger partial charge on any atom is -0.376 e. The third kappa shape index (κ3) is 5.31. The Morgan fingerprint density at radius 3 is 2.71 bits per heavy atom. The first-order chi connectivity index (χ1) is 16.4. The molecule has 3 aliphatic heterocycles. The average molecular weight is 494 g/mol.